The van der Waals surface area contributed by atoms with Crippen molar-refractivity contribution in [1.82, 2.24) is 0 Å². The van der Waals surface area contributed by atoms with Crippen LogP contribution in [0.4, 0.5) is 0 Å². The van der Waals surface area contributed by atoms with Crippen LogP contribution in [-0.2, 0) is 11.2 Å². The minimum Gasteiger partial charge on any atom is -0.504 e. The molecule has 0 aromatic heterocycles. The first-order valence-corrected chi connectivity index (χ1v) is 6.61. The lowest BCUT2D eigenvalue weighted by atomic mass is 9.98. The van der Waals surface area contributed by atoms with Crippen molar-refractivity contribution in [2.45, 2.75) is 39.5 Å². The van der Waals surface area contributed by atoms with Crippen molar-refractivity contribution >= 4 is 5.97 Å². The summed E-state index contributed by atoms with van der Waals surface area (Å²) < 4.78 is 4.93. The lowest BCUT2D eigenvalue weighted by Crippen LogP contribution is -2.10. The standard InChI is InChI=1S/C14H20O6/c1-3-5-6-8-9(14(19)20-7-4-2)11(16)13(18)12(17)10(8)15/h15-18H,3-7H2,1-2H3. The Morgan fingerprint density at radius 1 is 0.950 bits per heavy atom. The molecule has 0 aliphatic rings. The zero-order chi connectivity index (χ0) is 15.3. The number of aromatic hydroxyl groups is 4. The summed E-state index contributed by atoms with van der Waals surface area (Å²) >= 11 is 0. The molecule has 0 aliphatic heterocycles. The van der Waals surface area contributed by atoms with Gasteiger partial charge in [0.15, 0.2) is 11.5 Å². The second-order valence-electron chi connectivity index (χ2n) is 4.49. The van der Waals surface area contributed by atoms with Gasteiger partial charge in [-0.1, -0.05) is 20.3 Å². The van der Waals surface area contributed by atoms with Crippen LogP contribution in [0.3, 0.4) is 0 Å². The average Bonchev–Trinajstić information content (AvgIpc) is 2.44. The number of hydrogen-bond acceptors (Lipinski definition) is 6. The number of hydrogen-bond donors (Lipinski definition) is 4. The summed E-state index contributed by atoms with van der Waals surface area (Å²) in [4.78, 5) is 11.9. The van der Waals surface area contributed by atoms with Gasteiger partial charge >= 0.3 is 5.97 Å². The Kier molecular flexibility index (Phi) is 5.49. The topological polar surface area (TPSA) is 107 Å². The van der Waals surface area contributed by atoms with Gasteiger partial charge in [-0.3, -0.25) is 0 Å². The summed E-state index contributed by atoms with van der Waals surface area (Å²) in [5.74, 6) is -3.96. The first-order valence-electron chi connectivity index (χ1n) is 6.61. The molecule has 1 aromatic carbocycles. The lowest BCUT2D eigenvalue weighted by molar-refractivity contribution is 0.0499. The molecule has 0 fully saturated rings. The third-order valence-corrected chi connectivity index (χ3v) is 2.92. The van der Waals surface area contributed by atoms with Crippen LogP contribution in [-0.4, -0.2) is 33.0 Å². The van der Waals surface area contributed by atoms with Gasteiger partial charge in [-0.05, 0) is 19.3 Å². The molecule has 6 nitrogen and oxygen atoms in total. The summed E-state index contributed by atoms with van der Waals surface area (Å²) in [6.45, 7) is 3.90. The number of unbranched alkanes of at least 4 members (excludes halogenated alkanes) is 1. The smallest absolute Gasteiger partial charge is 0.342 e. The van der Waals surface area contributed by atoms with Crippen molar-refractivity contribution in [3.63, 3.8) is 0 Å². The number of carbonyl (C=O) groups is 1. The van der Waals surface area contributed by atoms with Gasteiger partial charge in [0.05, 0.1) is 6.61 Å². The molecule has 0 heterocycles. The molecule has 0 saturated heterocycles. The minimum absolute atomic E-state index is 0.0840. The van der Waals surface area contributed by atoms with Gasteiger partial charge in [0.1, 0.15) is 5.56 Å². The quantitative estimate of drug-likeness (QED) is 0.363. The Morgan fingerprint density at radius 3 is 2.10 bits per heavy atom. The molecule has 0 radical (unpaired) electrons. The zero-order valence-corrected chi connectivity index (χ0v) is 11.6. The second kappa shape index (κ2) is 6.88. The fourth-order valence-electron chi connectivity index (χ4n) is 1.83. The maximum absolute atomic E-state index is 11.9. The number of ether oxygens (including phenoxy) is 1. The van der Waals surface area contributed by atoms with Crippen LogP contribution in [0.15, 0.2) is 0 Å². The van der Waals surface area contributed by atoms with E-state index in [0.29, 0.717) is 12.8 Å². The van der Waals surface area contributed by atoms with Gasteiger partial charge in [0, 0.05) is 5.56 Å². The molecule has 1 aromatic rings. The van der Waals surface area contributed by atoms with E-state index in [1.165, 1.54) is 0 Å². The van der Waals surface area contributed by atoms with E-state index >= 15 is 0 Å². The van der Waals surface area contributed by atoms with Crippen LogP contribution in [0.2, 0.25) is 0 Å². The average molecular weight is 284 g/mol. The highest BCUT2D eigenvalue weighted by Crippen LogP contribution is 2.47. The Balaban J connectivity index is 3.34. The summed E-state index contributed by atoms with van der Waals surface area (Å²) in [6.07, 6.45) is 2.32. The Morgan fingerprint density at radius 2 is 1.55 bits per heavy atom. The van der Waals surface area contributed by atoms with Crippen LogP contribution in [0.1, 0.15) is 49.0 Å². The van der Waals surface area contributed by atoms with Crippen LogP contribution >= 0.6 is 0 Å². The molecule has 20 heavy (non-hydrogen) atoms. The molecular weight excluding hydrogens is 264 g/mol. The zero-order valence-electron chi connectivity index (χ0n) is 11.6. The monoisotopic (exact) mass is 284 g/mol. The van der Waals surface area contributed by atoms with E-state index in [1.54, 1.807) is 0 Å². The maximum atomic E-state index is 11.9. The van der Waals surface area contributed by atoms with E-state index in [9.17, 15) is 25.2 Å². The molecular formula is C14H20O6. The number of phenols is 4. The predicted molar refractivity (Wildman–Crippen MR) is 72.3 cm³/mol. The Labute approximate surface area is 117 Å². The highest BCUT2D eigenvalue weighted by atomic mass is 16.5. The predicted octanol–water partition coefficient (Wildman–Crippen LogP) is 2.42. The van der Waals surface area contributed by atoms with Crippen LogP contribution in [0.25, 0.3) is 0 Å². The van der Waals surface area contributed by atoms with E-state index in [-0.39, 0.29) is 24.2 Å². The molecule has 0 unspecified atom stereocenters. The molecule has 0 spiro atoms. The van der Waals surface area contributed by atoms with E-state index in [2.05, 4.69) is 0 Å². The third-order valence-electron chi connectivity index (χ3n) is 2.92. The van der Waals surface area contributed by atoms with Gasteiger partial charge in [0.25, 0.3) is 0 Å². The lowest BCUT2D eigenvalue weighted by Gasteiger charge is -2.15. The SMILES string of the molecule is CCCCc1c(O)c(O)c(O)c(O)c1C(=O)OCCC. The number of phenolic OH excluding ortho intramolecular Hbond substituents is 4. The fraction of sp³-hybridized carbons (Fsp3) is 0.500. The van der Waals surface area contributed by atoms with Crippen molar-refractivity contribution < 1.29 is 30.0 Å². The molecule has 112 valence electrons. The number of esters is 1. The summed E-state index contributed by atoms with van der Waals surface area (Å²) in [6, 6.07) is 0. The van der Waals surface area contributed by atoms with Crippen LogP contribution in [0, 0.1) is 0 Å². The second-order valence-corrected chi connectivity index (χ2v) is 4.49. The largest absolute Gasteiger partial charge is 0.504 e. The van der Waals surface area contributed by atoms with Gasteiger partial charge in [-0.25, -0.2) is 4.79 Å². The summed E-state index contributed by atoms with van der Waals surface area (Å²) in [7, 11) is 0. The van der Waals surface area contributed by atoms with E-state index in [4.69, 9.17) is 4.74 Å². The van der Waals surface area contributed by atoms with Crippen molar-refractivity contribution in [3.8, 4) is 23.0 Å². The Bertz CT molecular complexity index is 495. The molecule has 1 rings (SSSR count). The molecule has 4 N–H and O–H groups in total. The molecule has 0 atom stereocenters. The number of rotatable bonds is 6. The number of benzene rings is 1. The molecule has 6 heteroatoms. The van der Waals surface area contributed by atoms with Crippen molar-refractivity contribution in [3.05, 3.63) is 11.1 Å². The van der Waals surface area contributed by atoms with Gasteiger partial charge in [-0.2, -0.15) is 0 Å². The highest BCUT2D eigenvalue weighted by Gasteiger charge is 2.28. The van der Waals surface area contributed by atoms with Crippen molar-refractivity contribution in [2.75, 3.05) is 6.61 Å². The van der Waals surface area contributed by atoms with Gasteiger partial charge in [-0.15, -0.1) is 0 Å². The molecule has 0 amide bonds. The normalized spacial score (nSPS) is 10.5. The van der Waals surface area contributed by atoms with E-state index < -0.39 is 29.0 Å². The fourth-order valence-corrected chi connectivity index (χ4v) is 1.83. The minimum atomic E-state index is -0.925. The summed E-state index contributed by atoms with van der Waals surface area (Å²) in [5, 5.41) is 38.7. The van der Waals surface area contributed by atoms with Crippen molar-refractivity contribution in [1.29, 1.82) is 0 Å². The highest BCUT2D eigenvalue weighted by molar-refractivity contribution is 5.97. The molecule has 0 bridgehead atoms. The number of carbonyl (C=O) groups excluding carboxylic acids is 1. The van der Waals surface area contributed by atoms with Crippen LogP contribution in [0.5, 0.6) is 23.0 Å². The van der Waals surface area contributed by atoms with E-state index in [0.717, 1.165) is 6.42 Å². The molecule has 0 aliphatic carbocycles. The third kappa shape index (κ3) is 3.07. The summed E-state index contributed by atoms with van der Waals surface area (Å²) in [5.41, 5.74) is -0.208. The first-order chi connectivity index (χ1) is 9.45. The van der Waals surface area contributed by atoms with Gasteiger partial charge in [0.2, 0.25) is 11.5 Å². The van der Waals surface area contributed by atoms with Crippen molar-refractivity contribution in [2.24, 2.45) is 0 Å². The van der Waals surface area contributed by atoms with E-state index in [1.807, 2.05) is 13.8 Å². The maximum Gasteiger partial charge on any atom is 0.342 e. The Hall–Kier alpha value is -2.11. The first kappa shape index (κ1) is 15.9. The molecule has 0 saturated carbocycles. The van der Waals surface area contributed by atoms with Gasteiger partial charge < -0.3 is 25.2 Å². The van der Waals surface area contributed by atoms with Crippen LogP contribution < -0.4 is 0 Å².